The van der Waals surface area contributed by atoms with E-state index in [2.05, 4.69) is 11.4 Å². The second-order valence-electron chi connectivity index (χ2n) is 5.64. The highest BCUT2D eigenvalue weighted by Gasteiger charge is 2.29. The van der Waals surface area contributed by atoms with Crippen molar-refractivity contribution in [3.05, 3.63) is 35.4 Å². The summed E-state index contributed by atoms with van der Waals surface area (Å²) in [6, 6.07) is 8.13. The number of carbonyl (C=O) groups is 2. The summed E-state index contributed by atoms with van der Waals surface area (Å²) in [6.45, 7) is 4.15. The van der Waals surface area contributed by atoms with E-state index in [1.807, 2.05) is 18.2 Å². The Bertz CT molecular complexity index is 536. The van der Waals surface area contributed by atoms with Crippen molar-refractivity contribution in [2.45, 2.75) is 19.4 Å². The van der Waals surface area contributed by atoms with E-state index in [-0.39, 0.29) is 11.8 Å². The van der Waals surface area contributed by atoms with Crippen molar-refractivity contribution in [2.75, 3.05) is 32.7 Å². The maximum atomic E-state index is 12.4. The highest BCUT2D eigenvalue weighted by atomic mass is 16.2. The summed E-state index contributed by atoms with van der Waals surface area (Å²) in [5.41, 5.74) is 2.44. The molecule has 0 radical (unpaired) electrons. The molecule has 0 saturated carbocycles. The van der Waals surface area contributed by atoms with Crippen LogP contribution in [0, 0.1) is 0 Å². The maximum absolute atomic E-state index is 12.4. The zero-order valence-corrected chi connectivity index (χ0v) is 12.2. The van der Waals surface area contributed by atoms with Gasteiger partial charge in [-0.15, -0.1) is 0 Å². The SMILES string of the molecule is O=C(C(=O)N1CCc2ccccc2C1)N1CCCNCC1. The van der Waals surface area contributed by atoms with Gasteiger partial charge in [-0.1, -0.05) is 24.3 Å². The number of hydrogen-bond donors (Lipinski definition) is 1. The predicted octanol–water partition coefficient (Wildman–Crippen LogP) is 0.393. The summed E-state index contributed by atoms with van der Waals surface area (Å²) < 4.78 is 0. The molecule has 2 aliphatic rings. The highest BCUT2D eigenvalue weighted by Crippen LogP contribution is 2.18. The van der Waals surface area contributed by atoms with Crippen molar-refractivity contribution in [2.24, 2.45) is 0 Å². The number of hydrogen-bond acceptors (Lipinski definition) is 3. The van der Waals surface area contributed by atoms with E-state index in [9.17, 15) is 9.59 Å². The van der Waals surface area contributed by atoms with E-state index in [4.69, 9.17) is 0 Å². The van der Waals surface area contributed by atoms with Gasteiger partial charge in [-0.2, -0.15) is 0 Å². The minimum absolute atomic E-state index is 0.349. The first-order valence-corrected chi connectivity index (χ1v) is 7.61. The smallest absolute Gasteiger partial charge is 0.312 e. The Morgan fingerprint density at radius 1 is 0.905 bits per heavy atom. The molecular weight excluding hydrogens is 266 g/mol. The lowest BCUT2D eigenvalue weighted by atomic mass is 10.00. The molecule has 112 valence electrons. The molecule has 1 saturated heterocycles. The molecule has 1 aromatic carbocycles. The largest absolute Gasteiger partial charge is 0.333 e. The Morgan fingerprint density at radius 2 is 1.67 bits per heavy atom. The van der Waals surface area contributed by atoms with Crippen LogP contribution < -0.4 is 5.32 Å². The standard InChI is InChI=1S/C16H21N3O2/c20-15(18-9-3-7-17-8-11-18)16(21)19-10-6-13-4-1-2-5-14(13)12-19/h1-2,4-5,17H,3,6-12H2. The molecule has 0 aromatic heterocycles. The minimum Gasteiger partial charge on any atom is -0.333 e. The van der Waals surface area contributed by atoms with Gasteiger partial charge < -0.3 is 15.1 Å². The third-order valence-corrected chi connectivity index (χ3v) is 4.23. The predicted molar refractivity (Wildman–Crippen MR) is 79.6 cm³/mol. The van der Waals surface area contributed by atoms with E-state index >= 15 is 0 Å². The van der Waals surface area contributed by atoms with E-state index in [0.717, 1.165) is 31.5 Å². The Labute approximate surface area is 124 Å². The van der Waals surface area contributed by atoms with Crippen LogP contribution in [-0.4, -0.2) is 54.3 Å². The summed E-state index contributed by atoms with van der Waals surface area (Å²) >= 11 is 0. The lowest BCUT2D eigenvalue weighted by molar-refractivity contribution is -0.152. The Balaban J connectivity index is 1.67. The molecule has 0 bridgehead atoms. The normalized spacial score (nSPS) is 18.9. The minimum atomic E-state index is -0.355. The quantitative estimate of drug-likeness (QED) is 0.703. The van der Waals surface area contributed by atoms with Crippen LogP contribution in [0.15, 0.2) is 24.3 Å². The number of nitrogens with one attached hydrogen (secondary N) is 1. The van der Waals surface area contributed by atoms with Gasteiger partial charge in [0.25, 0.3) is 0 Å². The van der Waals surface area contributed by atoms with Crippen LogP contribution in [0.2, 0.25) is 0 Å². The summed E-state index contributed by atoms with van der Waals surface area (Å²) in [4.78, 5) is 28.2. The van der Waals surface area contributed by atoms with Gasteiger partial charge in [-0.05, 0) is 30.5 Å². The molecule has 0 spiro atoms. The molecule has 5 heteroatoms. The van der Waals surface area contributed by atoms with Gasteiger partial charge in [-0.25, -0.2) is 0 Å². The molecule has 1 aromatic rings. The summed E-state index contributed by atoms with van der Waals surface area (Å²) in [5.74, 6) is -0.704. The van der Waals surface area contributed by atoms with Crippen LogP contribution in [0.4, 0.5) is 0 Å². The van der Waals surface area contributed by atoms with Crippen LogP contribution in [0.3, 0.4) is 0 Å². The molecule has 3 rings (SSSR count). The number of nitrogens with zero attached hydrogens (tertiary/aromatic N) is 2. The highest BCUT2D eigenvalue weighted by molar-refractivity contribution is 6.34. The van der Waals surface area contributed by atoms with Crippen LogP contribution in [0.1, 0.15) is 17.5 Å². The summed E-state index contributed by atoms with van der Waals surface area (Å²) in [7, 11) is 0. The molecular formula is C16H21N3O2. The Morgan fingerprint density at radius 3 is 2.52 bits per heavy atom. The van der Waals surface area contributed by atoms with Crippen molar-refractivity contribution in [1.29, 1.82) is 0 Å². The lowest BCUT2D eigenvalue weighted by Gasteiger charge is -2.30. The third kappa shape index (κ3) is 3.08. The Hall–Kier alpha value is -1.88. The number of carbonyl (C=O) groups excluding carboxylic acids is 2. The van der Waals surface area contributed by atoms with Crippen molar-refractivity contribution >= 4 is 11.8 Å². The van der Waals surface area contributed by atoms with Gasteiger partial charge in [0.15, 0.2) is 0 Å². The van der Waals surface area contributed by atoms with Crippen molar-refractivity contribution in [3.63, 3.8) is 0 Å². The third-order valence-electron chi connectivity index (χ3n) is 4.23. The second kappa shape index (κ2) is 6.26. The lowest BCUT2D eigenvalue weighted by Crippen LogP contribution is -2.47. The van der Waals surface area contributed by atoms with Gasteiger partial charge in [0.1, 0.15) is 0 Å². The van der Waals surface area contributed by atoms with E-state index in [0.29, 0.717) is 26.2 Å². The average Bonchev–Trinajstić information content (AvgIpc) is 2.82. The fraction of sp³-hybridized carbons (Fsp3) is 0.500. The first kappa shape index (κ1) is 14.1. The summed E-state index contributed by atoms with van der Waals surface area (Å²) in [5, 5.41) is 3.24. The van der Waals surface area contributed by atoms with Crippen LogP contribution in [0.25, 0.3) is 0 Å². The average molecular weight is 287 g/mol. The second-order valence-corrected chi connectivity index (χ2v) is 5.64. The van der Waals surface area contributed by atoms with Gasteiger partial charge in [0.2, 0.25) is 0 Å². The molecule has 2 aliphatic heterocycles. The zero-order chi connectivity index (χ0) is 14.7. The molecule has 2 heterocycles. The fourth-order valence-electron chi connectivity index (χ4n) is 2.99. The van der Waals surface area contributed by atoms with Crippen molar-refractivity contribution in [3.8, 4) is 0 Å². The maximum Gasteiger partial charge on any atom is 0.312 e. The molecule has 5 nitrogen and oxygen atoms in total. The topological polar surface area (TPSA) is 52.7 Å². The van der Waals surface area contributed by atoms with Crippen LogP contribution in [-0.2, 0) is 22.6 Å². The van der Waals surface area contributed by atoms with Gasteiger partial charge >= 0.3 is 11.8 Å². The van der Waals surface area contributed by atoms with Crippen LogP contribution >= 0.6 is 0 Å². The zero-order valence-electron chi connectivity index (χ0n) is 12.2. The number of rotatable bonds is 0. The first-order chi connectivity index (χ1) is 10.3. The fourth-order valence-corrected chi connectivity index (χ4v) is 2.99. The first-order valence-electron chi connectivity index (χ1n) is 7.61. The molecule has 0 aliphatic carbocycles. The number of amides is 2. The van der Waals surface area contributed by atoms with Crippen LogP contribution in [0.5, 0.6) is 0 Å². The van der Waals surface area contributed by atoms with Gasteiger partial charge in [0.05, 0.1) is 0 Å². The van der Waals surface area contributed by atoms with Crippen molar-refractivity contribution < 1.29 is 9.59 Å². The van der Waals surface area contributed by atoms with E-state index < -0.39 is 0 Å². The van der Waals surface area contributed by atoms with Crippen molar-refractivity contribution in [1.82, 2.24) is 15.1 Å². The molecule has 1 N–H and O–H groups in total. The van der Waals surface area contributed by atoms with Gasteiger partial charge in [-0.3, -0.25) is 9.59 Å². The molecule has 2 amide bonds. The van der Waals surface area contributed by atoms with E-state index in [1.165, 1.54) is 5.56 Å². The summed E-state index contributed by atoms with van der Waals surface area (Å²) in [6.07, 6.45) is 1.73. The van der Waals surface area contributed by atoms with E-state index in [1.54, 1.807) is 9.80 Å². The molecule has 1 fully saturated rings. The number of fused-ring (bicyclic) bond motifs is 1. The molecule has 0 atom stereocenters. The molecule has 0 unspecified atom stereocenters. The Kier molecular flexibility index (Phi) is 4.20. The monoisotopic (exact) mass is 287 g/mol. The molecule has 21 heavy (non-hydrogen) atoms. The van der Waals surface area contributed by atoms with Gasteiger partial charge in [0, 0.05) is 32.7 Å². The number of benzene rings is 1.